The Morgan fingerprint density at radius 1 is 1.22 bits per heavy atom. The average Bonchev–Trinajstić information content (AvgIpc) is 3.56. The van der Waals surface area contributed by atoms with E-state index >= 15 is 0 Å². The summed E-state index contributed by atoms with van der Waals surface area (Å²) in [5.41, 5.74) is -2.20. The molecule has 6 rings (SSSR count). The number of pyridine rings is 1. The summed E-state index contributed by atoms with van der Waals surface area (Å²) < 4.78 is 11.7. The van der Waals surface area contributed by atoms with Crippen LogP contribution in [0.2, 0.25) is 0 Å². The molecule has 1 N–H and O–H groups in total. The van der Waals surface area contributed by atoms with Crippen LogP contribution >= 0.6 is 23.4 Å². The number of esters is 1. The highest BCUT2D eigenvalue weighted by Crippen LogP contribution is 2.72. The van der Waals surface area contributed by atoms with Crippen LogP contribution in [-0.4, -0.2) is 50.0 Å². The van der Waals surface area contributed by atoms with Crippen molar-refractivity contribution >= 4 is 40.9 Å². The molecule has 0 aromatic carbocycles. The van der Waals surface area contributed by atoms with Gasteiger partial charge in [-0.15, -0.1) is 11.6 Å². The number of hydrogen-bond donors (Lipinski definition) is 1. The summed E-state index contributed by atoms with van der Waals surface area (Å²) in [5.74, 6) is -1.55. The van der Waals surface area contributed by atoms with E-state index in [1.807, 2.05) is 45.0 Å². The fourth-order valence-corrected chi connectivity index (χ4v) is 10.00. The van der Waals surface area contributed by atoms with Crippen LogP contribution in [0, 0.1) is 28.6 Å². The fraction of sp³-hybridized carbons (Fsp3) is 0.500. The topological polar surface area (TPSA) is 107 Å². The van der Waals surface area contributed by atoms with Crippen molar-refractivity contribution in [3.63, 3.8) is 0 Å². The summed E-state index contributed by atoms with van der Waals surface area (Å²) in [6.07, 6.45) is 9.20. The monoisotopic (exact) mass is 595 g/mol. The number of aliphatic hydroxyl groups excluding tert-OH is 1. The van der Waals surface area contributed by atoms with Crippen molar-refractivity contribution in [2.45, 2.75) is 68.1 Å². The molecule has 41 heavy (non-hydrogen) atoms. The molecular weight excluding hydrogens is 562 g/mol. The summed E-state index contributed by atoms with van der Waals surface area (Å²) in [4.78, 5) is 43.4. The Kier molecular flexibility index (Phi) is 6.91. The van der Waals surface area contributed by atoms with Gasteiger partial charge in [0.05, 0.1) is 28.0 Å². The number of Topliss-reactive ketones (excluding diaryl/α,β-unsaturated/α-hetero) is 1. The molecule has 216 valence electrons. The zero-order valence-electron chi connectivity index (χ0n) is 23.3. The minimum Gasteiger partial charge on any atom is -0.457 e. The number of furan rings is 1. The first kappa shape index (κ1) is 28.4. The lowest BCUT2D eigenvalue weighted by atomic mass is 9.45. The number of rotatable bonds is 6. The molecule has 4 unspecified atom stereocenters. The van der Waals surface area contributed by atoms with E-state index in [1.165, 1.54) is 24.1 Å². The van der Waals surface area contributed by atoms with Gasteiger partial charge in [0.25, 0.3) is 0 Å². The van der Waals surface area contributed by atoms with Gasteiger partial charge >= 0.3 is 5.97 Å². The van der Waals surface area contributed by atoms with E-state index in [4.69, 9.17) is 20.8 Å². The second kappa shape index (κ2) is 9.96. The molecule has 2 heterocycles. The van der Waals surface area contributed by atoms with Crippen molar-refractivity contribution in [3.8, 4) is 0 Å². The largest absolute Gasteiger partial charge is 0.457 e. The average molecular weight is 596 g/mol. The third-order valence-electron chi connectivity index (χ3n) is 10.6. The van der Waals surface area contributed by atoms with E-state index in [0.29, 0.717) is 24.3 Å². The van der Waals surface area contributed by atoms with Crippen LogP contribution in [0.15, 0.2) is 76.0 Å². The SMILES string of the molecule is C[C@@H]1CC2C3CCC4=CC(=O)C=CC4(C)[C@@]3(Cl)[C@@H](O)CC2(C)[C@@]1(OC(=O)c1ccco1)C(=O)CSc1ccccn1. The lowest BCUT2D eigenvalue weighted by Gasteiger charge is -2.64. The van der Waals surface area contributed by atoms with Gasteiger partial charge in [-0.05, 0) is 73.9 Å². The van der Waals surface area contributed by atoms with Crippen LogP contribution in [0.3, 0.4) is 0 Å². The number of aromatic nitrogens is 1. The first-order chi connectivity index (χ1) is 19.5. The highest BCUT2D eigenvalue weighted by molar-refractivity contribution is 7.99. The first-order valence-electron chi connectivity index (χ1n) is 14.1. The Labute approximate surface area is 248 Å². The minimum absolute atomic E-state index is 0.0221. The molecule has 2 aromatic rings. The van der Waals surface area contributed by atoms with E-state index in [2.05, 4.69) is 4.98 Å². The van der Waals surface area contributed by atoms with Crippen LogP contribution in [0.4, 0.5) is 0 Å². The van der Waals surface area contributed by atoms with Crippen LogP contribution in [0.25, 0.3) is 0 Å². The second-order valence-corrected chi connectivity index (χ2v) is 14.0. The number of nitrogens with zero attached hydrogens (tertiary/aromatic N) is 1. The smallest absolute Gasteiger partial charge is 0.375 e. The molecule has 4 aliphatic rings. The van der Waals surface area contributed by atoms with E-state index in [9.17, 15) is 19.5 Å². The summed E-state index contributed by atoms with van der Waals surface area (Å²) in [7, 11) is 0. The molecule has 0 aliphatic heterocycles. The van der Waals surface area contributed by atoms with Gasteiger partial charge < -0.3 is 14.3 Å². The zero-order chi connectivity index (χ0) is 29.2. The molecule has 2 aromatic heterocycles. The van der Waals surface area contributed by atoms with E-state index < -0.39 is 33.4 Å². The lowest BCUT2D eigenvalue weighted by molar-refractivity contribution is -0.177. The number of alkyl halides is 1. The van der Waals surface area contributed by atoms with Crippen LogP contribution in [0.5, 0.6) is 0 Å². The number of fused-ring (bicyclic) bond motifs is 5. The highest BCUT2D eigenvalue weighted by Gasteiger charge is 2.76. The van der Waals surface area contributed by atoms with Crippen LogP contribution < -0.4 is 0 Å². The fourth-order valence-electron chi connectivity index (χ4n) is 8.67. The van der Waals surface area contributed by atoms with Crippen molar-refractivity contribution in [1.82, 2.24) is 4.98 Å². The summed E-state index contributed by atoms with van der Waals surface area (Å²) in [6.45, 7) is 5.94. The molecule has 0 radical (unpaired) electrons. The normalized spacial score (nSPS) is 39.3. The van der Waals surface area contributed by atoms with Crippen molar-refractivity contribution in [1.29, 1.82) is 0 Å². The van der Waals surface area contributed by atoms with Gasteiger partial charge in [0, 0.05) is 22.9 Å². The number of carbonyl (C=O) groups is 3. The van der Waals surface area contributed by atoms with Gasteiger partial charge in [-0.3, -0.25) is 9.59 Å². The summed E-state index contributed by atoms with van der Waals surface area (Å²) in [6, 6.07) is 8.64. The second-order valence-electron chi connectivity index (χ2n) is 12.4. The van der Waals surface area contributed by atoms with Gasteiger partial charge in [0.1, 0.15) is 0 Å². The Bertz CT molecular complexity index is 1440. The van der Waals surface area contributed by atoms with Gasteiger partial charge in [-0.2, -0.15) is 0 Å². The number of ketones is 2. The van der Waals surface area contributed by atoms with Crippen LogP contribution in [-0.2, 0) is 14.3 Å². The molecule has 4 aliphatic carbocycles. The quantitative estimate of drug-likeness (QED) is 0.253. The Morgan fingerprint density at radius 2 is 2.02 bits per heavy atom. The molecule has 7 nitrogen and oxygen atoms in total. The maximum atomic E-state index is 14.5. The maximum Gasteiger partial charge on any atom is 0.375 e. The third kappa shape index (κ3) is 3.97. The predicted molar refractivity (Wildman–Crippen MR) is 154 cm³/mol. The van der Waals surface area contributed by atoms with Crippen molar-refractivity contribution in [2.24, 2.45) is 28.6 Å². The number of aliphatic hydroxyl groups is 1. The number of halogens is 1. The van der Waals surface area contributed by atoms with E-state index in [0.717, 1.165) is 5.57 Å². The third-order valence-corrected chi connectivity index (χ3v) is 12.4. The Hall–Kier alpha value is -2.68. The molecule has 0 spiro atoms. The molecule has 8 atom stereocenters. The van der Waals surface area contributed by atoms with E-state index in [-0.39, 0.29) is 47.3 Å². The van der Waals surface area contributed by atoms with Gasteiger partial charge in [-0.25, -0.2) is 9.78 Å². The first-order valence-corrected chi connectivity index (χ1v) is 15.5. The van der Waals surface area contributed by atoms with Gasteiger partial charge in [0.2, 0.25) is 5.76 Å². The van der Waals surface area contributed by atoms with E-state index in [1.54, 1.807) is 24.4 Å². The number of carbonyl (C=O) groups excluding carboxylic acids is 3. The van der Waals surface area contributed by atoms with Crippen LogP contribution in [0.1, 0.15) is 57.0 Å². The molecule has 0 bridgehead atoms. The number of thioether (sulfide) groups is 1. The molecule has 3 saturated carbocycles. The van der Waals surface area contributed by atoms with Gasteiger partial charge in [-0.1, -0.05) is 50.2 Å². The molecule has 0 amide bonds. The molecule has 3 fully saturated rings. The van der Waals surface area contributed by atoms with Crippen molar-refractivity contribution in [3.05, 3.63) is 72.4 Å². The van der Waals surface area contributed by atoms with Crippen molar-refractivity contribution in [2.75, 3.05) is 5.75 Å². The molecule has 0 saturated heterocycles. The van der Waals surface area contributed by atoms with Gasteiger partial charge in [0.15, 0.2) is 17.2 Å². The minimum atomic E-state index is -1.52. The number of allylic oxidation sites excluding steroid dienone is 4. The summed E-state index contributed by atoms with van der Waals surface area (Å²) in [5, 5.41) is 12.7. The number of hydrogen-bond acceptors (Lipinski definition) is 8. The van der Waals surface area contributed by atoms with Crippen molar-refractivity contribution < 1.29 is 28.6 Å². The number of ether oxygens (including phenoxy) is 1. The Morgan fingerprint density at radius 3 is 2.73 bits per heavy atom. The predicted octanol–water partition coefficient (Wildman–Crippen LogP) is 5.82. The maximum absolute atomic E-state index is 14.5. The zero-order valence-corrected chi connectivity index (χ0v) is 24.9. The molecule has 9 heteroatoms. The standard InChI is InChI=1S/C32H34ClNO6S/c1-19-15-23-22-10-9-20-16-21(35)11-12-29(20,2)31(22,33)25(36)17-30(23,3)32(19,40-28(38)24-7-6-14-39-24)26(37)18-41-27-8-4-5-13-34-27/h4-8,11-14,16,19,22-23,25,36H,9-10,15,17-18H2,1-3H3/t19-,22?,23?,25+,29?,30?,31+,32+/m1/s1. The highest BCUT2D eigenvalue weighted by atomic mass is 35.5. The summed E-state index contributed by atoms with van der Waals surface area (Å²) >= 11 is 8.90. The lowest BCUT2D eigenvalue weighted by Crippen LogP contribution is -2.69. The Balaban J connectivity index is 1.42. The molecular formula is C32H34ClNO6S.